The van der Waals surface area contributed by atoms with Crippen molar-refractivity contribution in [1.29, 1.82) is 0 Å². The van der Waals surface area contributed by atoms with Crippen molar-refractivity contribution in [2.24, 2.45) is 0 Å². The second-order valence-electron chi connectivity index (χ2n) is 3.85. The molecule has 2 aromatic carbocycles. The molecule has 0 aliphatic heterocycles. The Morgan fingerprint density at radius 2 is 1.88 bits per heavy atom. The molecule has 0 aromatic heterocycles. The van der Waals surface area contributed by atoms with Gasteiger partial charge in [0.1, 0.15) is 5.75 Å². The third-order valence-corrected chi connectivity index (χ3v) is 2.67. The molecule has 3 heteroatoms. The summed E-state index contributed by atoms with van der Waals surface area (Å²) >= 11 is 0. The third kappa shape index (κ3) is 2.38. The van der Waals surface area contributed by atoms with Gasteiger partial charge in [-0.05, 0) is 18.4 Å². The van der Waals surface area contributed by atoms with Crippen molar-refractivity contribution in [3.8, 4) is 5.75 Å². The second-order valence-corrected chi connectivity index (χ2v) is 3.85. The Bertz CT molecular complexity index is 531. The lowest BCUT2D eigenvalue weighted by Crippen LogP contribution is -2.33. The minimum absolute atomic E-state index is 0.127. The number of benzene rings is 2. The van der Waals surface area contributed by atoms with E-state index in [1.807, 2.05) is 42.5 Å². The average molecular weight is 229 g/mol. The highest BCUT2D eigenvalue weighted by atomic mass is 16.5. The van der Waals surface area contributed by atoms with Crippen molar-refractivity contribution in [2.75, 3.05) is 7.05 Å². The van der Waals surface area contributed by atoms with Gasteiger partial charge in [-0.25, -0.2) is 0 Å². The molecular weight excluding hydrogens is 214 g/mol. The largest absolute Gasteiger partial charge is 0.480 e. The van der Waals surface area contributed by atoms with Crippen LogP contribution in [0.25, 0.3) is 10.8 Å². The van der Waals surface area contributed by atoms with Crippen LogP contribution >= 0.6 is 0 Å². The molecule has 0 unspecified atom stereocenters. The van der Waals surface area contributed by atoms with Crippen molar-refractivity contribution in [3.05, 3.63) is 42.5 Å². The topological polar surface area (TPSA) is 38.3 Å². The number of ether oxygens (including phenoxy) is 1. The first kappa shape index (κ1) is 11.5. The van der Waals surface area contributed by atoms with Crippen LogP contribution in [0.4, 0.5) is 0 Å². The van der Waals surface area contributed by atoms with E-state index in [1.54, 1.807) is 14.0 Å². The minimum atomic E-state index is -0.495. The van der Waals surface area contributed by atoms with E-state index in [2.05, 4.69) is 5.32 Å². The number of nitrogens with one attached hydrogen (secondary N) is 1. The lowest BCUT2D eigenvalue weighted by Gasteiger charge is -2.14. The lowest BCUT2D eigenvalue weighted by molar-refractivity contribution is -0.126. The van der Waals surface area contributed by atoms with Gasteiger partial charge in [-0.1, -0.05) is 36.4 Å². The van der Waals surface area contributed by atoms with Crippen LogP contribution in [0.1, 0.15) is 6.92 Å². The molecule has 1 amide bonds. The molecular formula is C14H15NO2. The number of fused-ring (bicyclic) bond motifs is 1. The van der Waals surface area contributed by atoms with Crippen LogP contribution in [0.2, 0.25) is 0 Å². The van der Waals surface area contributed by atoms with Crippen LogP contribution in [-0.2, 0) is 4.79 Å². The molecule has 0 aliphatic rings. The summed E-state index contributed by atoms with van der Waals surface area (Å²) in [5.74, 6) is 0.608. The molecule has 0 spiro atoms. The summed E-state index contributed by atoms with van der Waals surface area (Å²) in [7, 11) is 1.60. The number of carbonyl (C=O) groups excluding carboxylic acids is 1. The highest BCUT2D eigenvalue weighted by molar-refractivity contribution is 5.89. The van der Waals surface area contributed by atoms with Gasteiger partial charge in [0.25, 0.3) is 5.91 Å². The fourth-order valence-electron chi connectivity index (χ4n) is 1.75. The Hall–Kier alpha value is -2.03. The highest BCUT2D eigenvalue weighted by Crippen LogP contribution is 2.25. The van der Waals surface area contributed by atoms with Gasteiger partial charge in [0.15, 0.2) is 6.10 Å². The van der Waals surface area contributed by atoms with E-state index in [9.17, 15) is 4.79 Å². The lowest BCUT2D eigenvalue weighted by atomic mass is 10.1. The summed E-state index contributed by atoms with van der Waals surface area (Å²) in [5, 5.41) is 4.69. The van der Waals surface area contributed by atoms with E-state index in [0.29, 0.717) is 0 Å². The fraction of sp³-hybridized carbons (Fsp3) is 0.214. The highest BCUT2D eigenvalue weighted by Gasteiger charge is 2.13. The summed E-state index contributed by atoms with van der Waals surface area (Å²) in [5.41, 5.74) is 0. The van der Waals surface area contributed by atoms with E-state index in [-0.39, 0.29) is 5.91 Å². The molecule has 3 nitrogen and oxygen atoms in total. The number of carbonyl (C=O) groups is 1. The predicted molar refractivity (Wildman–Crippen MR) is 68.1 cm³/mol. The fourth-order valence-corrected chi connectivity index (χ4v) is 1.75. The predicted octanol–water partition coefficient (Wildman–Crippen LogP) is 2.35. The van der Waals surface area contributed by atoms with Crippen molar-refractivity contribution < 1.29 is 9.53 Å². The van der Waals surface area contributed by atoms with Gasteiger partial charge < -0.3 is 10.1 Å². The zero-order valence-corrected chi connectivity index (χ0v) is 9.94. The summed E-state index contributed by atoms with van der Waals surface area (Å²) in [6.07, 6.45) is -0.495. The Labute approximate surface area is 100 Å². The molecule has 1 N–H and O–H groups in total. The standard InChI is InChI=1S/C14H15NO2/c1-10(14(16)15-2)17-13-9-5-7-11-6-3-4-8-12(11)13/h3-10H,1-2H3,(H,15,16)/t10-/m1/s1. The Balaban J connectivity index is 2.33. The summed E-state index contributed by atoms with van der Waals surface area (Å²) in [6, 6.07) is 13.8. The molecule has 0 heterocycles. The van der Waals surface area contributed by atoms with Gasteiger partial charge in [0.2, 0.25) is 0 Å². The first-order valence-corrected chi connectivity index (χ1v) is 5.58. The minimum Gasteiger partial charge on any atom is -0.480 e. The summed E-state index contributed by atoms with van der Waals surface area (Å²) in [4.78, 5) is 11.4. The molecule has 0 saturated heterocycles. The first-order valence-electron chi connectivity index (χ1n) is 5.58. The van der Waals surface area contributed by atoms with Crippen LogP contribution in [0.15, 0.2) is 42.5 Å². The number of hydrogen-bond donors (Lipinski definition) is 1. The van der Waals surface area contributed by atoms with Gasteiger partial charge in [-0.2, -0.15) is 0 Å². The number of hydrogen-bond acceptors (Lipinski definition) is 2. The average Bonchev–Trinajstić information content (AvgIpc) is 2.38. The second kappa shape index (κ2) is 4.87. The van der Waals surface area contributed by atoms with Gasteiger partial charge in [0.05, 0.1) is 0 Å². The maximum Gasteiger partial charge on any atom is 0.260 e. The van der Waals surface area contributed by atoms with Crippen molar-refractivity contribution in [2.45, 2.75) is 13.0 Å². The summed E-state index contributed by atoms with van der Waals surface area (Å²) < 4.78 is 5.67. The zero-order chi connectivity index (χ0) is 12.3. The summed E-state index contributed by atoms with van der Waals surface area (Å²) in [6.45, 7) is 1.74. The number of amides is 1. The molecule has 0 fully saturated rings. The Kier molecular flexibility index (Phi) is 3.28. The SMILES string of the molecule is CNC(=O)[C@@H](C)Oc1cccc2ccccc12. The van der Waals surface area contributed by atoms with E-state index < -0.39 is 6.10 Å². The molecule has 88 valence electrons. The zero-order valence-electron chi connectivity index (χ0n) is 9.94. The van der Waals surface area contributed by atoms with Crippen LogP contribution in [0.5, 0.6) is 5.75 Å². The van der Waals surface area contributed by atoms with Crippen LogP contribution in [-0.4, -0.2) is 19.1 Å². The van der Waals surface area contributed by atoms with Crippen molar-refractivity contribution in [1.82, 2.24) is 5.32 Å². The number of likely N-dealkylation sites (N-methyl/N-ethyl adjacent to an activating group) is 1. The van der Waals surface area contributed by atoms with E-state index in [0.717, 1.165) is 16.5 Å². The van der Waals surface area contributed by atoms with Crippen LogP contribution in [0.3, 0.4) is 0 Å². The van der Waals surface area contributed by atoms with E-state index in [4.69, 9.17) is 4.74 Å². The van der Waals surface area contributed by atoms with Gasteiger partial charge in [0, 0.05) is 12.4 Å². The van der Waals surface area contributed by atoms with Crippen LogP contribution in [0, 0.1) is 0 Å². The normalized spacial score (nSPS) is 12.1. The maximum atomic E-state index is 11.4. The molecule has 2 aromatic rings. The van der Waals surface area contributed by atoms with Crippen LogP contribution < -0.4 is 10.1 Å². The molecule has 17 heavy (non-hydrogen) atoms. The molecule has 0 saturated carbocycles. The Morgan fingerprint density at radius 1 is 1.18 bits per heavy atom. The molecule has 0 bridgehead atoms. The molecule has 1 atom stereocenters. The van der Waals surface area contributed by atoms with Gasteiger partial charge in [-0.15, -0.1) is 0 Å². The van der Waals surface area contributed by atoms with E-state index in [1.165, 1.54) is 0 Å². The van der Waals surface area contributed by atoms with Gasteiger partial charge in [-0.3, -0.25) is 4.79 Å². The van der Waals surface area contributed by atoms with E-state index >= 15 is 0 Å². The molecule has 0 radical (unpaired) electrons. The van der Waals surface area contributed by atoms with Gasteiger partial charge >= 0.3 is 0 Å². The van der Waals surface area contributed by atoms with Crippen molar-refractivity contribution in [3.63, 3.8) is 0 Å². The Morgan fingerprint density at radius 3 is 2.65 bits per heavy atom. The molecule has 0 aliphatic carbocycles. The maximum absolute atomic E-state index is 11.4. The molecule has 2 rings (SSSR count). The first-order chi connectivity index (χ1) is 8.22. The van der Waals surface area contributed by atoms with Crippen molar-refractivity contribution >= 4 is 16.7 Å². The third-order valence-electron chi connectivity index (χ3n) is 2.67. The quantitative estimate of drug-likeness (QED) is 0.877. The monoisotopic (exact) mass is 229 g/mol. The number of rotatable bonds is 3. The smallest absolute Gasteiger partial charge is 0.260 e.